The highest BCUT2D eigenvalue weighted by Gasteiger charge is 2.47. The highest BCUT2D eigenvalue weighted by Crippen LogP contribution is 2.43. The first-order chi connectivity index (χ1) is 13.8. The number of ether oxygens (including phenoxy) is 2. The Labute approximate surface area is 178 Å². The highest BCUT2D eigenvalue weighted by atomic mass is 35.5. The molecule has 6 heteroatoms. The molecule has 0 radical (unpaired) electrons. The van der Waals surface area contributed by atoms with Gasteiger partial charge in [-0.1, -0.05) is 42.5 Å². The predicted molar refractivity (Wildman–Crippen MR) is 116 cm³/mol. The van der Waals surface area contributed by atoms with E-state index >= 15 is 0 Å². The van der Waals surface area contributed by atoms with Crippen molar-refractivity contribution < 1.29 is 14.3 Å². The van der Waals surface area contributed by atoms with Gasteiger partial charge in [0.25, 0.3) is 5.91 Å². The molecule has 0 aromatic heterocycles. The van der Waals surface area contributed by atoms with E-state index in [0.29, 0.717) is 43.0 Å². The van der Waals surface area contributed by atoms with Crippen LogP contribution in [0.25, 0.3) is 0 Å². The second-order valence-electron chi connectivity index (χ2n) is 7.44. The molecule has 3 atom stereocenters. The molecule has 2 aromatic carbocycles. The molecule has 2 saturated heterocycles. The van der Waals surface area contributed by atoms with Crippen LogP contribution in [0.1, 0.15) is 28.9 Å². The lowest BCUT2D eigenvalue weighted by Crippen LogP contribution is -2.35. The Kier molecular flexibility index (Phi) is 7.53. The topological polar surface area (TPSA) is 50.8 Å². The molecule has 2 aromatic rings. The van der Waals surface area contributed by atoms with Crippen molar-refractivity contribution in [3.8, 4) is 5.75 Å². The molecule has 0 spiro atoms. The summed E-state index contributed by atoms with van der Waals surface area (Å²) in [7, 11) is 0. The van der Waals surface area contributed by atoms with Gasteiger partial charge >= 0.3 is 0 Å². The molecule has 0 bridgehead atoms. The van der Waals surface area contributed by atoms with Crippen molar-refractivity contribution in [2.75, 3.05) is 39.5 Å². The van der Waals surface area contributed by atoms with Crippen LogP contribution in [0.2, 0.25) is 0 Å². The lowest BCUT2D eigenvalue weighted by Gasteiger charge is -2.29. The number of para-hydroxylation sites is 1. The molecule has 0 unspecified atom stereocenters. The molecule has 156 valence electrons. The number of amides is 1. The van der Waals surface area contributed by atoms with E-state index in [-0.39, 0.29) is 24.4 Å². The maximum atomic E-state index is 13.6. The average Bonchev–Trinajstić information content (AvgIpc) is 3.33. The van der Waals surface area contributed by atoms with Crippen LogP contribution in [-0.4, -0.2) is 50.3 Å². The summed E-state index contributed by atoms with van der Waals surface area (Å²) in [5.41, 5.74) is 1.84. The minimum absolute atomic E-state index is 0. The van der Waals surface area contributed by atoms with Gasteiger partial charge in [0.15, 0.2) is 0 Å². The van der Waals surface area contributed by atoms with Crippen LogP contribution in [0.5, 0.6) is 5.75 Å². The molecule has 4 rings (SSSR count). The lowest BCUT2D eigenvalue weighted by molar-refractivity contribution is 0.0704. The van der Waals surface area contributed by atoms with Crippen LogP contribution in [0.4, 0.5) is 0 Å². The van der Waals surface area contributed by atoms with E-state index in [1.54, 1.807) is 0 Å². The summed E-state index contributed by atoms with van der Waals surface area (Å²) < 4.78 is 11.2. The van der Waals surface area contributed by atoms with Crippen LogP contribution in [-0.2, 0) is 4.74 Å². The summed E-state index contributed by atoms with van der Waals surface area (Å²) in [4.78, 5) is 15.6. The summed E-state index contributed by atoms with van der Waals surface area (Å²) in [6.45, 7) is 6.29. The minimum Gasteiger partial charge on any atom is -0.490 e. The van der Waals surface area contributed by atoms with E-state index in [1.807, 2.05) is 37.3 Å². The highest BCUT2D eigenvalue weighted by molar-refractivity contribution is 5.97. The zero-order valence-electron chi connectivity index (χ0n) is 16.8. The van der Waals surface area contributed by atoms with E-state index in [4.69, 9.17) is 9.47 Å². The molecule has 1 N–H and O–H groups in total. The fraction of sp³-hybridized carbons (Fsp3) is 0.435. The Morgan fingerprint density at radius 2 is 1.83 bits per heavy atom. The molecular formula is C23H29ClN2O3. The van der Waals surface area contributed by atoms with E-state index in [2.05, 4.69) is 34.5 Å². The Morgan fingerprint density at radius 1 is 1.07 bits per heavy atom. The Morgan fingerprint density at radius 3 is 2.62 bits per heavy atom. The van der Waals surface area contributed by atoms with Crippen molar-refractivity contribution >= 4 is 18.3 Å². The number of nitrogens with zero attached hydrogens (tertiary/aromatic N) is 1. The van der Waals surface area contributed by atoms with E-state index in [0.717, 1.165) is 19.6 Å². The fourth-order valence-electron chi connectivity index (χ4n) is 4.49. The quantitative estimate of drug-likeness (QED) is 0.701. The first-order valence-corrected chi connectivity index (χ1v) is 10.2. The van der Waals surface area contributed by atoms with Gasteiger partial charge in [0.05, 0.1) is 18.2 Å². The average molecular weight is 417 g/mol. The zero-order valence-corrected chi connectivity index (χ0v) is 17.6. The van der Waals surface area contributed by atoms with Crippen LogP contribution in [0.3, 0.4) is 0 Å². The zero-order chi connectivity index (χ0) is 19.3. The number of carbonyl (C=O) groups is 1. The summed E-state index contributed by atoms with van der Waals surface area (Å²) >= 11 is 0. The number of nitrogens with one attached hydrogen (secondary N) is 1. The second kappa shape index (κ2) is 10.1. The molecule has 1 amide bonds. The largest absolute Gasteiger partial charge is 0.490 e. The van der Waals surface area contributed by atoms with Gasteiger partial charge in [-0.3, -0.25) is 4.79 Å². The normalized spacial score (nSPS) is 22.8. The number of hydrogen-bond acceptors (Lipinski definition) is 4. The van der Waals surface area contributed by atoms with Gasteiger partial charge in [0.1, 0.15) is 12.4 Å². The summed E-state index contributed by atoms with van der Waals surface area (Å²) in [5.74, 6) is 1.64. The summed E-state index contributed by atoms with van der Waals surface area (Å²) in [6, 6.07) is 18.1. The van der Waals surface area contributed by atoms with Crippen molar-refractivity contribution in [1.82, 2.24) is 10.2 Å². The number of hydrogen-bond donors (Lipinski definition) is 1. The van der Waals surface area contributed by atoms with Crippen molar-refractivity contribution in [2.24, 2.45) is 11.8 Å². The summed E-state index contributed by atoms with van der Waals surface area (Å²) in [5, 5.41) is 3.50. The number of benzene rings is 2. The standard InChI is InChI=1S/C23H28N2O3.ClH/c1-2-27-12-13-28-21-11-7-6-10-19(21)23(26)25-16-18-14-24-15-20(18)22(25)17-8-4-3-5-9-17;/h3-11,18,20,22,24H,2,12-16H2,1H3;1H/t18-,20-,22+;/m0./s1. The van der Waals surface area contributed by atoms with Crippen LogP contribution in [0.15, 0.2) is 54.6 Å². The molecule has 29 heavy (non-hydrogen) atoms. The van der Waals surface area contributed by atoms with Crippen molar-refractivity contribution in [3.05, 3.63) is 65.7 Å². The summed E-state index contributed by atoms with van der Waals surface area (Å²) in [6.07, 6.45) is 0. The maximum Gasteiger partial charge on any atom is 0.258 e. The van der Waals surface area contributed by atoms with Gasteiger partial charge in [0, 0.05) is 32.2 Å². The molecule has 2 fully saturated rings. The van der Waals surface area contributed by atoms with Gasteiger partial charge < -0.3 is 19.7 Å². The predicted octanol–water partition coefficient (Wildman–Crippen LogP) is 3.56. The van der Waals surface area contributed by atoms with Gasteiger partial charge in [-0.25, -0.2) is 0 Å². The smallest absolute Gasteiger partial charge is 0.258 e. The number of fused-ring (bicyclic) bond motifs is 1. The van der Waals surface area contributed by atoms with Gasteiger partial charge in [-0.2, -0.15) is 0 Å². The van der Waals surface area contributed by atoms with Gasteiger partial charge in [0.2, 0.25) is 0 Å². The first kappa shape index (κ1) is 21.6. The van der Waals surface area contributed by atoms with E-state index < -0.39 is 0 Å². The Bertz CT molecular complexity index is 802. The van der Waals surface area contributed by atoms with Crippen molar-refractivity contribution in [3.63, 3.8) is 0 Å². The van der Waals surface area contributed by atoms with E-state index in [9.17, 15) is 4.79 Å². The molecule has 0 saturated carbocycles. The molecule has 2 aliphatic rings. The Hall–Kier alpha value is -2.08. The molecular weight excluding hydrogens is 388 g/mol. The van der Waals surface area contributed by atoms with Crippen LogP contribution in [0, 0.1) is 11.8 Å². The van der Waals surface area contributed by atoms with Crippen molar-refractivity contribution in [1.29, 1.82) is 0 Å². The van der Waals surface area contributed by atoms with Crippen LogP contribution >= 0.6 is 12.4 Å². The number of likely N-dealkylation sites (tertiary alicyclic amines) is 1. The minimum atomic E-state index is 0. The number of carbonyl (C=O) groups excluding carboxylic acids is 1. The van der Waals surface area contributed by atoms with Gasteiger partial charge in [-0.15, -0.1) is 12.4 Å². The van der Waals surface area contributed by atoms with Crippen molar-refractivity contribution in [2.45, 2.75) is 13.0 Å². The first-order valence-electron chi connectivity index (χ1n) is 10.2. The monoisotopic (exact) mass is 416 g/mol. The third-order valence-corrected chi connectivity index (χ3v) is 5.77. The maximum absolute atomic E-state index is 13.6. The van der Waals surface area contributed by atoms with E-state index in [1.165, 1.54) is 5.56 Å². The molecule has 2 aliphatic heterocycles. The second-order valence-corrected chi connectivity index (χ2v) is 7.44. The molecule has 0 aliphatic carbocycles. The third-order valence-electron chi connectivity index (χ3n) is 5.77. The SMILES string of the molecule is CCOCCOc1ccccc1C(=O)N1C[C@@H]2CNC[C@@H]2[C@H]1c1ccccc1.Cl. The fourth-order valence-corrected chi connectivity index (χ4v) is 4.49. The van der Waals surface area contributed by atoms with Gasteiger partial charge in [-0.05, 0) is 30.5 Å². The van der Waals surface area contributed by atoms with Crippen LogP contribution < -0.4 is 10.1 Å². The molecule has 5 nitrogen and oxygen atoms in total. The lowest BCUT2D eigenvalue weighted by atomic mass is 9.89. The number of rotatable bonds is 7. The molecule has 2 heterocycles. The third kappa shape index (κ3) is 4.58. The Balaban J connectivity index is 0.00000240. The number of halogens is 1.